The van der Waals surface area contributed by atoms with E-state index in [1.807, 2.05) is 6.07 Å². The van der Waals surface area contributed by atoms with Crippen molar-refractivity contribution in [3.8, 4) is 0 Å². The van der Waals surface area contributed by atoms with E-state index >= 15 is 0 Å². The summed E-state index contributed by atoms with van der Waals surface area (Å²) in [6.07, 6.45) is 10.5. The average Bonchev–Trinajstić information content (AvgIpc) is 3.29. The third-order valence-corrected chi connectivity index (χ3v) is 23.4. The van der Waals surface area contributed by atoms with Gasteiger partial charge in [-0.15, -0.1) is 0 Å². The molecule has 226 valence electrons. The number of imide groups is 1. The molecule has 0 radical (unpaired) electrons. The van der Waals surface area contributed by atoms with Gasteiger partial charge in [0, 0.05) is 18.7 Å². The van der Waals surface area contributed by atoms with Crippen LogP contribution < -0.4 is 14.2 Å². The van der Waals surface area contributed by atoms with Crippen LogP contribution in [0.3, 0.4) is 0 Å². The van der Waals surface area contributed by atoms with Crippen LogP contribution in [0.2, 0.25) is 13.3 Å². The van der Waals surface area contributed by atoms with E-state index in [4.69, 9.17) is 0 Å². The summed E-state index contributed by atoms with van der Waals surface area (Å²) in [6.45, 7) is 6.57. The average molecular weight is 676 g/mol. The van der Waals surface area contributed by atoms with Gasteiger partial charge in [-0.05, 0) is 0 Å². The normalized spacial score (nSPS) is 13.9. The minimum atomic E-state index is -2.72. The van der Waals surface area contributed by atoms with Gasteiger partial charge < -0.3 is 0 Å². The molecule has 9 nitrogen and oxygen atoms in total. The van der Waals surface area contributed by atoms with Crippen LogP contribution in [0.4, 0.5) is 0 Å². The van der Waals surface area contributed by atoms with E-state index in [1.165, 1.54) is 67.6 Å². The number of amides is 4. The van der Waals surface area contributed by atoms with Gasteiger partial charge >= 0.3 is 204 Å². The molecule has 0 aromatic heterocycles. The summed E-state index contributed by atoms with van der Waals surface area (Å²) in [7, 11) is 0. The molecule has 0 aliphatic carbocycles. The Bertz CT molecular complexity index is 1050. The number of aliphatic carboxylic acids is 1. The van der Waals surface area contributed by atoms with Gasteiger partial charge in [0.15, 0.2) is 0 Å². The van der Waals surface area contributed by atoms with Gasteiger partial charge in [-0.2, -0.15) is 0 Å². The number of carboxylic acids is 1. The third-order valence-electron chi connectivity index (χ3n) is 7.83. The predicted molar refractivity (Wildman–Crippen MR) is 163 cm³/mol. The Morgan fingerprint density at radius 2 is 1.46 bits per heavy atom. The summed E-state index contributed by atoms with van der Waals surface area (Å²) in [5, 5.41) is 14.7. The van der Waals surface area contributed by atoms with Crippen LogP contribution >= 0.6 is 0 Å². The molecule has 1 aromatic carbocycles. The van der Waals surface area contributed by atoms with Crippen molar-refractivity contribution in [2.45, 2.75) is 97.9 Å². The van der Waals surface area contributed by atoms with Crippen molar-refractivity contribution in [1.82, 2.24) is 15.5 Å². The number of hydrogen-bond acceptors (Lipinski definition) is 5. The van der Waals surface area contributed by atoms with Crippen molar-refractivity contribution in [2.75, 3.05) is 13.1 Å². The van der Waals surface area contributed by atoms with Crippen LogP contribution in [0.15, 0.2) is 36.4 Å². The van der Waals surface area contributed by atoms with Gasteiger partial charge in [-0.25, -0.2) is 0 Å². The second-order valence-corrected chi connectivity index (χ2v) is 24.2. The molecule has 1 atom stereocenters. The fraction of sp³-hybridized carbons (Fsp3) is 0.581. The fourth-order valence-corrected chi connectivity index (χ4v) is 21.4. The summed E-state index contributed by atoms with van der Waals surface area (Å²) in [5.74, 6) is -2.86. The first-order valence-electron chi connectivity index (χ1n) is 15.1. The van der Waals surface area contributed by atoms with Gasteiger partial charge in [-0.1, -0.05) is 0 Å². The SMILES string of the molecule is CCC[CH2][Sn]([CH2]CCC)([CH2]CCC)[c]1cccc(C(=O)NCC(=O)NC(CCCCN2C(=O)C=CC2=O)C(=O)O)c1. The van der Waals surface area contributed by atoms with E-state index in [2.05, 4.69) is 43.5 Å². The Hall–Kier alpha value is -2.69. The number of carbonyl (C=O) groups excluding carboxylic acids is 4. The van der Waals surface area contributed by atoms with Crippen molar-refractivity contribution in [2.24, 2.45) is 0 Å². The van der Waals surface area contributed by atoms with E-state index < -0.39 is 36.3 Å². The molecule has 0 bridgehead atoms. The number of carboxylic acid groups (broad SMARTS) is 1. The zero-order valence-corrected chi connectivity index (χ0v) is 27.7. The molecule has 1 heterocycles. The van der Waals surface area contributed by atoms with Crippen LogP contribution in [0.1, 0.15) is 88.9 Å². The first-order valence-corrected chi connectivity index (χ1v) is 22.6. The van der Waals surface area contributed by atoms with Crippen molar-refractivity contribution >= 4 is 51.6 Å². The molecule has 0 fully saturated rings. The number of nitrogens with zero attached hydrogens (tertiary/aromatic N) is 1. The molecule has 4 amide bonds. The molecule has 1 aliphatic rings. The Balaban J connectivity index is 1.96. The van der Waals surface area contributed by atoms with E-state index in [0.29, 0.717) is 18.4 Å². The van der Waals surface area contributed by atoms with Crippen LogP contribution in [0.5, 0.6) is 0 Å². The van der Waals surface area contributed by atoms with Gasteiger partial charge in [-0.3, -0.25) is 14.5 Å². The van der Waals surface area contributed by atoms with E-state index in [9.17, 15) is 29.1 Å². The molecule has 0 saturated carbocycles. The van der Waals surface area contributed by atoms with Crippen LogP contribution in [0, 0.1) is 0 Å². The summed E-state index contributed by atoms with van der Waals surface area (Å²) in [6, 6.07) is 6.87. The molecule has 1 aliphatic heterocycles. The van der Waals surface area contributed by atoms with Crippen LogP contribution in [-0.4, -0.2) is 77.1 Å². The number of carbonyl (C=O) groups is 5. The zero-order valence-electron chi connectivity index (χ0n) is 24.9. The molecular weight excluding hydrogens is 629 g/mol. The van der Waals surface area contributed by atoms with Gasteiger partial charge in [0.25, 0.3) is 11.8 Å². The maximum atomic E-state index is 13.0. The van der Waals surface area contributed by atoms with Crippen molar-refractivity contribution in [1.29, 1.82) is 0 Å². The molecule has 0 spiro atoms. The molecule has 2 rings (SSSR count). The van der Waals surface area contributed by atoms with Crippen molar-refractivity contribution < 1.29 is 29.1 Å². The monoisotopic (exact) mass is 677 g/mol. The molecule has 1 aromatic rings. The van der Waals surface area contributed by atoms with Crippen molar-refractivity contribution in [3.63, 3.8) is 0 Å². The summed E-state index contributed by atoms with van der Waals surface area (Å²) < 4.78 is 5.25. The quantitative estimate of drug-likeness (QED) is 0.108. The van der Waals surface area contributed by atoms with Crippen LogP contribution in [-0.2, 0) is 19.2 Å². The third kappa shape index (κ3) is 10.9. The molecule has 3 N–H and O–H groups in total. The maximum absolute atomic E-state index is 13.0. The van der Waals surface area contributed by atoms with Gasteiger partial charge in [0.05, 0.1) is 0 Å². The molecular formula is C31H47N3O6Sn. The predicted octanol–water partition coefficient (Wildman–Crippen LogP) is 4.14. The minimum absolute atomic E-state index is 0.142. The Labute approximate surface area is 248 Å². The molecule has 1 unspecified atom stereocenters. The van der Waals surface area contributed by atoms with E-state index in [-0.39, 0.29) is 37.2 Å². The molecule has 0 saturated heterocycles. The first kappa shape index (κ1) is 34.5. The number of benzene rings is 1. The summed E-state index contributed by atoms with van der Waals surface area (Å²) in [4.78, 5) is 61.6. The topological polar surface area (TPSA) is 133 Å². The molecule has 10 heteroatoms. The van der Waals surface area contributed by atoms with Gasteiger partial charge in [0.2, 0.25) is 0 Å². The Morgan fingerprint density at radius 3 is 2.00 bits per heavy atom. The van der Waals surface area contributed by atoms with Crippen LogP contribution in [0.25, 0.3) is 0 Å². The number of nitrogens with one attached hydrogen (secondary N) is 2. The van der Waals surface area contributed by atoms with Gasteiger partial charge in [0.1, 0.15) is 0 Å². The fourth-order valence-electron chi connectivity index (χ4n) is 5.38. The molecule has 41 heavy (non-hydrogen) atoms. The van der Waals surface area contributed by atoms with E-state index in [1.54, 1.807) is 6.07 Å². The number of rotatable bonds is 20. The first-order chi connectivity index (χ1) is 19.7. The Kier molecular flexibility index (Phi) is 15.1. The zero-order chi connectivity index (χ0) is 30.3. The standard InChI is InChI=1S/C19H20N3O6.3C4H9.Sn/c23-15(12-20-18(26)13-6-2-1-3-7-13)21-14(19(27)28)8-4-5-11-22-16(24)9-10-17(22)25;3*1-3-4-2;/h1-2,6-7,9-10,14H,4-5,8,11-12H2,(H,20,26)(H,21,23)(H,27,28);3*1,3-4H2,2H3;. The second-order valence-electron chi connectivity index (χ2n) is 11.0. The number of hydrogen-bond donors (Lipinski definition) is 3. The number of unbranched alkanes of at least 4 members (excludes halogenated alkanes) is 4. The Morgan fingerprint density at radius 1 is 0.878 bits per heavy atom. The summed E-state index contributed by atoms with van der Waals surface area (Å²) >= 11 is -2.72. The van der Waals surface area contributed by atoms with Crippen molar-refractivity contribution in [3.05, 3.63) is 42.0 Å². The van der Waals surface area contributed by atoms with E-state index in [0.717, 1.165) is 4.90 Å². The summed E-state index contributed by atoms with van der Waals surface area (Å²) in [5.41, 5.74) is 0.538. The second kappa shape index (κ2) is 18.0.